The van der Waals surface area contributed by atoms with Crippen LogP contribution >= 0.6 is 0 Å². The summed E-state index contributed by atoms with van der Waals surface area (Å²) >= 11 is 0. The molecule has 0 saturated heterocycles. The molecule has 0 saturated carbocycles. The fraction of sp³-hybridized carbons (Fsp3) is 0.200. The van der Waals surface area contributed by atoms with Crippen LogP contribution in [0.25, 0.3) is 0 Å². The van der Waals surface area contributed by atoms with Crippen molar-refractivity contribution in [3.63, 3.8) is 0 Å². The van der Waals surface area contributed by atoms with Crippen LogP contribution in [-0.2, 0) is 9.53 Å². The van der Waals surface area contributed by atoms with Gasteiger partial charge in [0, 0.05) is 32.3 Å². The molecular formula is C20H16N2O2. The van der Waals surface area contributed by atoms with E-state index in [1.54, 1.807) is 18.0 Å². The summed E-state index contributed by atoms with van der Waals surface area (Å²) < 4.78 is 5.24. The van der Waals surface area contributed by atoms with Gasteiger partial charge in [-0.2, -0.15) is 5.26 Å². The minimum absolute atomic E-state index is 0.0108. The predicted molar refractivity (Wildman–Crippen MR) is 90.3 cm³/mol. The summed E-state index contributed by atoms with van der Waals surface area (Å²) in [6.07, 6.45) is 3.28. The van der Waals surface area contributed by atoms with Crippen molar-refractivity contribution in [2.75, 3.05) is 14.2 Å². The van der Waals surface area contributed by atoms with Crippen molar-refractivity contribution < 1.29 is 9.53 Å². The molecule has 3 rings (SSSR count). The molecule has 118 valence electrons. The molecule has 24 heavy (non-hydrogen) atoms. The van der Waals surface area contributed by atoms with Gasteiger partial charge < -0.3 is 9.64 Å². The number of nitrogens with zero attached hydrogens (tertiary/aromatic N) is 2. The molecule has 4 heteroatoms. The van der Waals surface area contributed by atoms with Gasteiger partial charge in [-0.25, -0.2) is 0 Å². The van der Waals surface area contributed by atoms with Crippen molar-refractivity contribution in [2.45, 2.75) is 12.5 Å². The third-order valence-corrected chi connectivity index (χ3v) is 4.02. The van der Waals surface area contributed by atoms with Crippen LogP contribution in [0.5, 0.6) is 0 Å². The number of carbonyl (C=O) groups is 1. The van der Waals surface area contributed by atoms with Crippen LogP contribution in [-0.4, -0.2) is 30.9 Å². The van der Waals surface area contributed by atoms with Crippen LogP contribution < -0.4 is 0 Å². The first-order valence-electron chi connectivity index (χ1n) is 7.57. The average molecular weight is 316 g/mol. The Bertz CT molecular complexity index is 874. The highest BCUT2D eigenvalue weighted by Gasteiger charge is 2.31. The summed E-state index contributed by atoms with van der Waals surface area (Å²) in [5.74, 6) is 6.23. The lowest BCUT2D eigenvalue weighted by atomic mass is 9.84. The molecule has 0 N–H and O–H groups in total. The Morgan fingerprint density at radius 3 is 2.67 bits per heavy atom. The van der Waals surface area contributed by atoms with E-state index in [1.807, 2.05) is 36.5 Å². The summed E-state index contributed by atoms with van der Waals surface area (Å²) in [6, 6.07) is 11.8. The van der Waals surface area contributed by atoms with E-state index < -0.39 is 6.10 Å². The highest BCUT2D eigenvalue weighted by atomic mass is 16.5. The number of fused-ring (bicyclic) bond motifs is 1. The molecule has 0 fully saturated rings. The fourth-order valence-electron chi connectivity index (χ4n) is 2.81. The number of allylic oxidation sites excluding steroid dienone is 4. The first-order valence-corrected chi connectivity index (χ1v) is 7.57. The second-order valence-electron chi connectivity index (χ2n) is 5.60. The highest BCUT2D eigenvalue weighted by Crippen LogP contribution is 2.35. The Balaban J connectivity index is 2.11. The minimum atomic E-state index is -0.589. The number of Topliss-reactive ketones (excluding diaryl/α,β-unsaturated/α-hetero) is 1. The second-order valence-corrected chi connectivity index (χ2v) is 5.60. The molecule has 1 heterocycles. The predicted octanol–water partition coefficient (Wildman–Crippen LogP) is 2.56. The topological polar surface area (TPSA) is 53.3 Å². The molecule has 1 aromatic rings. The Morgan fingerprint density at radius 1 is 1.25 bits per heavy atom. The lowest BCUT2D eigenvalue weighted by Crippen LogP contribution is -2.29. The van der Waals surface area contributed by atoms with E-state index in [0.29, 0.717) is 11.3 Å². The van der Waals surface area contributed by atoms with Crippen molar-refractivity contribution in [3.05, 3.63) is 70.6 Å². The monoisotopic (exact) mass is 316 g/mol. The minimum Gasteiger partial charge on any atom is -0.370 e. The number of ketones is 1. The Kier molecular flexibility index (Phi) is 4.33. The standard InChI is InChI=1S/C20H16N2O2/c1-22-13-15-10-19(23)20(24-2)11-17(15)16(18(22)12-21)9-8-14-6-4-3-5-7-14/h3-7,11,13,20H,10H2,1-2H3. The van der Waals surface area contributed by atoms with Crippen LogP contribution in [0.4, 0.5) is 0 Å². The zero-order valence-electron chi connectivity index (χ0n) is 13.5. The van der Waals surface area contributed by atoms with Gasteiger partial charge in [-0.1, -0.05) is 30.0 Å². The number of hydrogen-bond acceptors (Lipinski definition) is 4. The van der Waals surface area contributed by atoms with Crippen LogP contribution in [0.2, 0.25) is 0 Å². The average Bonchev–Trinajstić information content (AvgIpc) is 2.59. The number of nitriles is 1. The number of carbonyl (C=O) groups excluding carboxylic acids is 1. The molecule has 0 aromatic heterocycles. The van der Waals surface area contributed by atoms with E-state index >= 15 is 0 Å². The third kappa shape index (κ3) is 2.88. The number of rotatable bonds is 1. The first kappa shape index (κ1) is 15.8. The van der Waals surface area contributed by atoms with E-state index in [0.717, 1.165) is 16.7 Å². The molecule has 1 unspecified atom stereocenters. The first-order chi connectivity index (χ1) is 11.6. The number of hydrogen-bond donors (Lipinski definition) is 0. The molecule has 1 aliphatic heterocycles. The van der Waals surface area contributed by atoms with E-state index in [2.05, 4.69) is 17.9 Å². The van der Waals surface area contributed by atoms with Crippen LogP contribution in [0.3, 0.4) is 0 Å². The number of ether oxygens (including phenoxy) is 1. The summed E-state index contributed by atoms with van der Waals surface area (Å²) in [5, 5.41) is 9.52. The van der Waals surface area contributed by atoms with Crippen molar-refractivity contribution in [1.29, 1.82) is 5.26 Å². The summed E-state index contributed by atoms with van der Waals surface area (Å²) in [7, 11) is 3.30. The number of methoxy groups -OCH3 is 1. The normalized spacial score (nSPS) is 19.6. The Hall–Kier alpha value is -3.08. The third-order valence-electron chi connectivity index (χ3n) is 4.02. The van der Waals surface area contributed by atoms with Crippen LogP contribution in [0.1, 0.15) is 12.0 Å². The van der Waals surface area contributed by atoms with Gasteiger partial charge in [-0.15, -0.1) is 0 Å². The largest absolute Gasteiger partial charge is 0.370 e. The Labute approximate surface area is 141 Å². The molecular weight excluding hydrogens is 300 g/mol. The van der Waals surface area contributed by atoms with Crippen LogP contribution in [0, 0.1) is 23.2 Å². The second kappa shape index (κ2) is 6.58. The van der Waals surface area contributed by atoms with Gasteiger partial charge >= 0.3 is 0 Å². The molecule has 2 aliphatic rings. The van der Waals surface area contributed by atoms with E-state index in [4.69, 9.17) is 4.74 Å². The maximum atomic E-state index is 12.1. The summed E-state index contributed by atoms with van der Waals surface area (Å²) in [4.78, 5) is 13.8. The number of benzene rings is 1. The molecule has 4 nitrogen and oxygen atoms in total. The van der Waals surface area contributed by atoms with Gasteiger partial charge in [0.05, 0.1) is 5.57 Å². The Morgan fingerprint density at radius 2 is 2.00 bits per heavy atom. The van der Waals surface area contributed by atoms with Crippen molar-refractivity contribution in [3.8, 4) is 17.9 Å². The van der Waals surface area contributed by atoms with Crippen molar-refractivity contribution in [1.82, 2.24) is 4.90 Å². The summed E-state index contributed by atoms with van der Waals surface area (Å²) in [5.41, 5.74) is 3.66. The lowest BCUT2D eigenvalue weighted by Gasteiger charge is -2.29. The van der Waals surface area contributed by atoms with Gasteiger partial charge in [0.1, 0.15) is 17.9 Å². The van der Waals surface area contributed by atoms with Gasteiger partial charge in [-0.05, 0) is 29.4 Å². The van der Waals surface area contributed by atoms with E-state index in [1.165, 1.54) is 7.11 Å². The maximum absolute atomic E-state index is 12.1. The van der Waals surface area contributed by atoms with Gasteiger partial charge in [0.15, 0.2) is 5.78 Å². The van der Waals surface area contributed by atoms with E-state index in [-0.39, 0.29) is 12.2 Å². The lowest BCUT2D eigenvalue weighted by molar-refractivity contribution is -0.125. The van der Waals surface area contributed by atoms with Crippen LogP contribution in [0.15, 0.2) is 65.0 Å². The van der Waals surface area contributed by atoms with E-state index in [9.17, 15) is 10.1 Å². The van der Waals surface area contributed by atoms with Gasteiger partial charge in [0.25, 0.3) is 0 Å². The molecule has 1 aromatic carbocycles. The molecule has 1 atom stereocenters. The maximum Gasteiger partial charge on any atom is 0.169 e. The fourth-order valence-corrected chi connectivity index (χ4v) is 2.81. The molecule has 0 bridgehead atoms. The zero-order valence-corrected chi connectivity index (χ0v) is 13.5. The van der Waals surface area contributed by atoms with Gasteiger partial charge in [0.2, 0.25) is 0 Å². The smallest absolute Gasteiger partial charge is 0.169 e. The van der Waals surface area contributed by atoms with Gasteiger partial charge in [-0.3, -0.25) is 4.79 Å². The molecule has 0 spiro atoms. The summed E-state index contributed by atoms with van der Waals surface area (Å²) in [6.45, 7) is 0. The van der Waals surface area contributed by atoms with Crippen molar-refractivity contribution in [2.24, 2.45) is 0 Å². The highest BCUT2D eigenvalue weighted by molar-refractivity contribution is 5.91. The van der Waals surface area contributed by atoms with Crippen molar-refractivity contribution >= 4 is 5.78 Å². The molecule has 1 aliphatic carbocycles. The molecule has 0 amide bonds. The molecule has 0 radical (unpaired) electrons. The quantitative estimate of drug-likeness (QED) is 0.747. The SMILES string of the molecule is COC1C=C2C(=CN(C)C(C#N)=C2C#Cc2ccccc2)CC1=O. The zero-order chi connectivity index (χ0) is 17.1.